The number of para-hydroxylation sites is 2. The van der Waals surface area contributed by atoms with Gasteiger partial charge in [-0.15, -0.1) is 0 Å². The van der Waals surface area contributed by atoms with Gasteiger partial charge in [0.15, 0.2) is 0 Å². The van der Waals surface area contributed by atoms with Crippen molar-refractivity contribution >= 4 is 17.3 Å². The maximum Gasteiger partial charge on any atom is 0.227 e. The lowest BCUT2D eigenvalue weighted by Crippen LogP contribution is -2.20. The first-order valence-corrected chi connectivity index (χ1v) is 5.30. The van der Waals surface area contributed by atoms with E-state index in [1.165, 1.54) is 0 Å². The molecule has 0 aromatic heterocycles. The summed E-state index contributed by atoms with van der Waals surface area (Å²) in [6.07, 6.45) is 1.91. The van der Waals surface area contributed by atoms with Crippen LogP contribution in [0.5, 0.6) is 0 Å². The molecule has 0 aliphatic heterocycles. The van der Waals surface area contributed by atoms with Gasteiger partial charge in [0.25, 0.3) is 0 Å². The molecule has 0 bridgehead atoms. The fourth-order valence-corrected chi connectivity index (χ4v) is 1.43. The van der Waals surface area contributed by atoms with Crippen molar-refractivity contribution in [3.63, 3.8) is 0 Å². The zero-order valence-electron chi connectivity index (χ0n) is 9.29. The van der Waals surface area contributed by atoms with Crippen LogP contribution >= 0.6 is 0 Å². The van der Waals surface area contributed by atoms with Gasteiger partial charge in [-0.25, -0.2) is 0 Å². The van der Waals surface area contributed by atoms with Gasteiger partial charge in [0, 0.05) is 5.92 Å². The van der Waals surface area contributed by atoms with Crippen LogP contribution in [-0.2, 0) is 4.79 Å². The van der Waals surface area contributed by atoms with Crippen LogP contribution in [0.4, 0.5) is 11.4 Å². The summed E-state index contributed by atoms with van der Waals surface area (Å²) < 4.78 is 0. The third-order valence-electron chi connectivity index (χ3n) is 2.39. The van der Waals surface area contributed by atoms with E-state index in [2.05, 4.69) is 12.2 Å². The fourth-order valence-electron chi connectivity index (χ4n) is 1.43. The van der Waals surface area contributed by atoms with Crippen molar-refractivity contribution in [2.75, 3.05) is 11.1 Å². The molecule has 1 aromatic rings. The van der Waals surface area contributed by atoms with Gasteiger partial charge in [-0.1, -0.05) is 32.4 Å². The summed E-state index contributed by atoms with van der Waals surface area (Å²) in [5.41, 5.74) is 7.03. The van der Waals surface area contributed by atoms with Crippen LogP contribution in [0.25, 0.3) is 0 Å². The van der Waals surface area contributed by atoms with E-state index >= 15 is 0 Å². The van der Waals surface area contributed by atoms with Crippen molar-refractivity contribution in [3.8, 4) is 0 Å². The molecule has 0 saturated heterocycles. The number of nitrogens with one attached hydrogen (secondary N) is 1. The SMILES string of the molecule is CCCC(C)C(=O)Nc1ccccc1N. The minimum absolute atomic E-state index is 0.0367. The highest BCUT2D eigenvalue weighted by Gasteiger charge is 2.12. The zero-order chi connectivity index (χ0) is 11.3. The van der Waals surface area contributed by atoms with Gasteiger partial charge in [-0.3, -0.25) is 4.79 Å². The number of hydrogen-bond donors (Lipinski definition) is 2. The Kier molecular flexibility index (Phi) is 4.16. The summed E-state index contributed by atoms with van der Waals surface area (Å²) in [4.78, 5) is 11.7. The molecule has 3 N–H and O–H groups in total. The molecule has 0 fully saturated rings. The topological polar surface area (TPSA) is 55.1 Å². The van der Waals surface area contributed by atoms with Crippen LogP contribution < -0.4 is 11.1 Å². The molecule has 3 heteroatoms. The normalized spacial score (nSPS) is 12.1. The molecule has 15 heavy (non-hydrogen) atoms. The van der Waals surface area contributed by atoms with Gasteiger partial charge >= 0.3 is 0 Å². The van der Waals surface area contributed by atoms with E-state index in [1.807, 2.05) is 25.1 Å². The molecule has 1 atom stereocenters. The smallest absolute Gasteiger partial charge is 0.227 e. The highest BCUT2D eigenvalue weighted by molar-refractivity contribution is 5.95. The molecule has 0 aliphatic rings. The van der Waals surface area contributed by atoms with Crippen LogP contribution in [0.1, 0.15) is 26.7 Å². The minimum atomic E-state index is 0.0367. The molecule has 3 nitrogen and oxygen atoms in total. The van der Waals surface area contributed by atoms with Crippen LogP contribution in [0.3, 0.4) is 0 Å². The third-order valence-corrected chi connectivity index (χ3v) is 2.39. The highest BCUT2D eigenvalue weighted by Crippen LogP contribution is 2.18. The number of nitrogens with two attached hydrogens (primary N) is 1. The fraction of sp³-hybridized carbons (Fsp3) is 0.417. The Morgan fingerprint density at radius 2 is 2.13 bits per heavy atom. The molecule has 0 spiro atoms. The number of carbonyl (C=O) groups is 1. The van der Waals surface area contributed by atoms with Gasteiger partial charge in [-0.05, 0) is 18.6 Å². The first kappa shape index (κ1) is 11.6. The predicted octanol–water partition coefficient (Wildman–Crippen LogP) is 2.64. The molecular weight excluding hydrogens is 188 g/mol. The number of hydrogen-bond acceptors (Lipinski definition) is 2. The number of anilines is 2. The lowest BCUT2D eigenvalue weighted by Gasteiger charge is -2.12. The van der Waals surface area contributed by atoms with E-state index in [9.17, 15) is 4.79 Å². The van der Waals surface area contributed by atoms with Crippen molar-refractivity contribution in [2.45, 2.75) is 26.7 Å². The van der Waals surface area contributed by atoms with E-state index in [0.717, 1.165) is 12.8 Å². The van der Waals surface area contributed by atoms with Crippen molar-refractivity contribution in [2.24, 2.45) is 5.92 Å². The highest BCUT2D eigenvalue weighted by atomic mass is 16.1. The predicted molar refractivity (Wildman–Crippen MR) is 63.6 cm³/mol. The van der Waals surface area contributed by atoms with E-state index in [-0.39, 0.29) is 11.8 Å². The molecule has 1 aromatic carbocycles. The molecule has 1 rings (SSSR count). The first-order chi connectivity index (χ1) is 7.15. The molecule has 82 valence electrons. The van der Waals surface area contributed by atoms with Crippen LogP contribution in [0.2, 0.25) is 0 Å². The summed E-state index contributed by atoms with van der Waals surface area (Å²) in [7, 11) is 0. The second kappa shape index (κ2) is 5.39. The van der Waals surface area contributed by atoms with E-state index in [1.54, 1.807) is 6.07 Å². The van der Waals surface area contributed by atoms with Gasteiger partial charge in [0.2, 0.25) is 5.91 Å². The maximum atomic E-state index is 11.7. The molecule has 1 amide bonds. The van der Waals surface area contributed by atoms with E-state index in [4.69, 9.17) is 5.73 Å². The standard InChI is InChI=1S/C12H18N2O/c1-3-6-9(2)12(15)14-11-8-5-4-7-10(11)13/h4-5,7-9H,3,6,13H2,1-2H3,(H,14,15). The van der Waals surface area contributed by atoms with Crippen LogP contribution in [-0.4, -0.2) is 5.91 Å². The van der Waals surface area contributed by atoms with Crippen LogP contribution in [0, 0.1) is 5.92 Å². The summed E-state index contributed by atoms with van der Waals surface area (Å²) in [5, 5.41) is 2.83. The van der Waals surface area contributed by atoms with Crippen molar-refractivity contribution in [3.05, 3.63) is 24.3 Å². The lowest BCUT2D eigenvalue weighted by atomic mass is 10.1. The van der Waals surface area contributed by atoms with Crippen LogP contribution in [0.15, 0.2) is 24.3 Å². The third kappa shape index (κ3) is 3.27. The van der Waals surface area contributed by atoms with Crippen molar-refractivity contribution in [1.82, 2.24) is 0 Å². The monoisotopic (exact) mass is 206 g/mol. The van der Waals surface area contributed by atoms with Gasteiger partial charge in [0.1, 0.15) is 0 Å². The van der Waals surface area contributed by atoms with Crippen molar-refractivity contribution < 1.29 is 4.79 Å². The second-order valence-electron chi connectivity index (χ2n) is 3.77. The summed E-state index contributed by atoms with van der Waals surface area (Å²) in [6, 6.07) is 7.29. The Morgan fingerprint density at radius 1 is 1.47 bits per heavy atom. The summed E-state index contributed by atoms with van der Waals surface area (Å²) in [5.74, 6) is 0.0735. The number of carbonyl (C=O) groups excluding carboxylic acids is 1. The number of amides is 1. The maximum absolute atomic E-state index is 11.7. The molecule has 0 radical (unpaired) electrons. The van der Waals surface area contributed by atoms with E-state index in [0.29, 0.717) is 11.4 Å². The minimum Gasteiger partial charge on any atom is -0.397 e. The van der Waals surface area contributed by atoms with E-state index < -0.39 is 0 Å². The van der Waals surface area contributed by atoms with Gasteiger partial charge < -0.3 is 11.1 Å². The van der Waals surface area contributed by atoms with Gasteiger partial charge in [-0.2, -0.15) is 0 Å². The quantitative estimate of drug-likeness (QED) is 0.744. The Balaban J connectivity index is 2.62. The summed E-state index contributed by atoms with van der Waals surface area (Å²) in [6.45, 7) is 4.00. The molecule has 0 heterocycles. The number of benzene rings is 1. The molecule has 0 saturated carbocycles. The molecule has 0 aliphatic carbocycles. The lowest BCUT2D eigenvalue weighted by molar-refractivity contribution is -0.119. The Bertz CT molecular complexity index is 336. The van der Waals surface area contributed by atoms with Gasteiger partial charge in [0.05, 0.1) is 11.4 Å². The average Bonchev–Trinajstić information content (AvgIpc) is 2.21. The van der Waals surface area contributed by atoms with Crippen molar-refractivity contribution in [1.29, 1.82) is 0 Å². The largest absolute Gasteiger partial charge is 0.397 e. The zero-order valence-corrected chi connectivity index (χ0v) is 9.29. The summed E-state index contributed by atoms with van der Waals surface area (Å²) >= 11 is 0. The Labute approximate surface area is 90.7 Å². The first-order valence-electron chi connectivity index (χ1n) is 5.30. The Morgan fingerprint density at radius 3 is 2.73 bits per heavy atom. The number of rotatable bonds is 4. The second-order valence-corrected chi connectivity index (χ2v) is 3.77. The Hall–Kier alpha value is -1.51. The molecular formula is C12H18N2O. The average molecular weight is 206 g/mol. The molecule has 1 unspecified atom stereocenters. The number of nitrogen functional groups attached to an aromatic ring is 1.